The lowest BCUT2D eigenvalue weighted by molar-refractivity contribution is -0.389. The Morgan fingerprint density at radius 3 is 2.76 bits per heavy atom. The minimum absolute atomic E-state index is 0.198. The maximum atomic E-state index is 10.8. The Kier molecular flexibility index (Phi) is 4.81. The fraction of sp³-hybridized carbons (Fsp3) is 0.214. The van der Waals surface area contributed by atoms with Gasteiger partial charge in [0.15, 0.2) is 0 Å². The molecular weight excluding hydrogens is 368 g/mol. The van der Waals surface area contributed by atoms with Crippen LogP contribution in [0.2, 0.25) is 5.02 Å². The predicted molar refractivity (Wildman–Crippen MR) is 93.1 cm³/mol. The van der Waals surface area contributed by atoms with Gasteiger partial charge in [-0.05, 0) is 46.4 Å². The lowest BCUT2D eigenvalue weighted by Gasteiger charge is -2.05. The molecule has 1 aromatic carbocycles. The number of imidazole rings is 1. The van der Waals surface area contributed by atoms with Gasteiger partial charge in [0.1, 0.15) is 19.4 Å². The van der Waals surface area contributed by atoms with E-state index in [2.05, 4.69) is 15.4 Å². The van der Waals surface area contributed by atoms with Gasteiger partial charge in [0, 0.05) is 17.6 Å². The van der Waals surface area contributed by atoms with Gasteiger partial charge in [-0.2, -0.15) is 0 Å². The molecule has 0 radical (unpaired) electrons. The van der Waals surface area contributed by atoms with Gasteiger partial charge in [-0.1, -0.05) is 11.6 Å². The summed E-state index contributed by atoms with van der Waals surface area (Å²) in [6.45, 7) is 2.18. The Morgan fingerprint density at radius 2 is 2.12 bits per heavy atom. The molecule has 0 aliphatic carbocycles. The van der Waals surface area contributed by atoms with Gasteiger partial charge in [0.25, 0.3) is 4.84 Å². The number of benzene rings is 1. The normalized spacial score (nSPS) is 10.8. The zero-order valence-corrected chi connectivity index (χ0v) is 14.6. The van der Waals surface area contributed by atoms with E-state index >= 15 is 0 Å². The van der Waals surface area contributed by atoms with Crippen molar-refractivity contribution in [3.8, 4) is 0 Å². The second-order valence-corrected chi connectivity index (χ2v) is 5.92. The molecule has 2 heterocycles. The monoisotopic (exact) mass is 380 g/mol. The standard InChI is InChI=1S/C14H13ClN6O3S/c1-9-17-12(21(22)23)6-19(9)7-13-18-20(14(25)24-13)8-16-11-4-2-10(15)3-5-11/h2-6,16H,7-8H2,1H3. The summed E-state index contributed by atoms with van der Waals surface area (Å²) in [4.78, 5) is 14.3. The van der Waals surface area contributed by atoms with Crippen molar-refractivity contribution in [3.05, 3.63) is 62.2 Å². The number of aromatic nitrogens is 4. The SMILES string of the molecule is Cc1nc([N+](=O)[O-])cn1Cc1nn(CNc2ccc(Cl)cc2)c(=S)o1. The number of halogens is 1. The summed E-state index contributed by atoms with van der Waals surface area (Å²) in [6, 6.07) is 7.21. The largest absolute Gasteiger partial charge is 0.412 e. The molecule has 0 aliphatic heterocycles. The number of hydrogen-bond donors (Lipinski definition) is 1. The Bertz CT molecular complexity index is 962. The van der Waals surface area contributed by atoms with Crippen LogP contribution in [0.3, 0.4) is 0 Å². The van der Waals surface area contributed by atoms with Gasteiger partial charge in [0.05, 0.1) is 0 Å². The van der Waals surface area contributed by atoms with Gasteiger partial charge < -0.3 is 19.8 Å². The summed E-state index contributed by atoms with van der Waals surface area (Å²) in [5, 5.41) is 18.8. The molecule has 0 amide bonds. The number of nitro groups is 1. The van der Waals surface area contributed by atoms with Gasteiger partial charge in [-0.25, -0.2) is 4.68 Å². The van der Waals surface area contributed by atoms with E-state index in [4.69, 9.17) is 28.2 Å². The van der Waals surface area contributed by atoms with Crippen molar-refractivity contribution in [2.75, 3.05) is 5.32 Å². The number of rotatable bonds is 6. The molecule has 2 aromatic heterocycles. The molecule has 11 heteroatoms. The smallest absolute Gasteiger partial charge is 0.381 e. The molecule has 0 unspecified atom stereocenters. The molecule has 0 bridgehead atoms. The molecule has 0 aliphatic rings. The van der Waals surface area contributed by atoms with E-state index in [-0.39, 0.29) is 17.2 Å². The van der Waals surface area contributed by atoms with Crippen LogP contribution in [0.4, 0.5) is 11.5 Å². The van der Waals surface area contributed by atoms with E-state index in [0.717, 1.165) is 5.69 Å². The first kappa shape index (κ1) is 17.1. The number of anilines is 1. The molecule has 0 spiro atoms. The van der Waals surface area contributed by atoms with Crippen LogP contribution in [0.5, 0.6) is 0 Å². The molecule has 3 rings (SSSR count). The fourth-order valence-electron chi connectivity index (χ4n) is 2.13. The van der Waals surface area contributed by atoms with Crippen molar-refractivity contribution in [1.29, 1.82) is 0 Å². The molecular formula is C14H13ClN6O3S. The maximum absolute atomic E-state index is 10.8. The number of nitrogens with zero attached hydrogens (tertiary/aromatic N) is 5. The van der Waals surface area contributed by atoms with Crippen LogP contribution < -0.4 is 5.32 Å². The first-order valence-electron chi connectivity index (χ1n) is 7.17. The number of nitrogens with one attached hydrogen (secondary N) is 1. The Morgan fingerprint density at radius 1 is 1.40 bits per heavy atom. The van der Waals surface area contributed by atoms with Crippen LogP contribution in [-0.2, 0) is 13.2 Å². The van der Waals surface area contributed by atoms with Crippen molar-refractivity contribution >= 4 is 35.3 Å². The average Bonchev–Trinajstić information content (AvgIpc) is 3.10. The first-order chi connectivity index (χ1) is 11.9. The summed E-state index contributed by atoms with van der Waals surface area (Å²) < 4.78 is 8.50. The Hall–Kier alpha value is -2.72. The quantitative estimate of drug-likeness (QED) is 0.397. The summed E-state index contributed by atoms with van der Waals surface area (Å²) in [5.74, 6) is 0.597. The molecule has 0 saturated carbocycles. The molecule has 9 nitrogen and oxygen atoms in total. The third-order valence-electron chi connectivity index (χ3n) is 3.38. The second-order valence-electron chi connectivity index (χ2n) is 5.13. The summed E-state index contributed by atoms with van der Waals surface area (Å²) in [7, 11) is 0. The van der Waals surface area contributed by atoms with E-state index in [0.29, 0.717) is 23.4 Å². The minimum Gasteiger partial charge on any atom is -0.412 e. The zero-order chi connectivity index (χ0) is 18.0. The predicted octanol–water partition coefficient (Wildman–Crippen LogP) is 3.39. The van der Waals surface area contributed by atoms with Gasteiger partial charge >= 0.3 is 5.82 Å². The van der Waals surface area contributed by atoms with E-state index in [1.54, 1.807) is 23.6 Å². The van der Waals surface area contributed by atoms with Crippen LogP contribution in [0.1, 0.15) is 11.7 Å². The van der Waals surface area contributed by atoms with E-state index < -0.39 is 4.92 Å². The van der Waals surface area contributed by atoms with Crippen LogP contribution in [0, 0.1) is 21.9 Å². The topological polar surface area (TPSA) is 104 Å². The van der Waals surface area contributed by atoms with E-state index in [1.807, 2.05) is 12.1 Å². The van der Waals surface area contributed by atoms with Gasteiger partial charge in [-0.3, -0.25) is 4.57 Å². The van der Waals surface area contributed by atoms with Crippen molar-refractivity contribution in [2.24, 2.45) is 0 Å². The highest BCUT2D eigenvalue weighted by Gasteiger charge is 2.17. The van der Waals surface area contributed by atoms with Crippen LogP contribution in [-0.4, -0.2) is 24.3 Å². The highest BCUT2D eigenvalue weighted by molar-refractivity contribution is 7.71. The van der Waals surface area contributed by atoms with Crippen molar-refractivity contribution in [3.63, 3.8) is 0 Å². The maximum Gasteiger partial charge on any atom is 0.381 e. The highest BCUT2D eigenvalue weighted by atomic mass is 35.5. The van der Waals surface area contributed by atoms with Crippen LogP contribution in [0.15, 0.2) is 34.9 Å². The molecule has 0 saturated heterocycles. The van der Waals surface area contributed by atoms with Gasteiger partial charge in [-0.15, -0.1) is 5.10 Å². The van der Waals surface area contributed by atoms with Gasteiger partial charge in [0.2, 0.25) is 11.7 Å². The molecule has 25 heavy (non-hydrogen) atoms. The van der Waals surface area contributed by atoms with Crippen molar-refractivity contribution in [1.82, 2.24) is 19.3 Å². The lowest BCUT2D eigenvalue weighted by atomic mass is 10.3. The highest BCUT2D eigenvalue weighted by Crippen LogP contribution is 2.14. The number of aryl methyl sites for hydroxylation is 1. The minimum atomic E-state index is -0.548. The van der Waals surface area contributed by atoms with E-state index in [9.17, 15) is 10.1 Å². The molecule has 3 aromatic rings. The third-order valence-corrected chi connectivity index (χ3v) is 3.93. The lowest BCUT2D eigenvalue weighted by Crippen LogP contribution is -2.10. The summed E-state index contributed by atoms with van der Waals surface area (Å²) in [6.07, 6.45) is 1.33. The molecule has 0 fully saturated rings. The van der Waals surface area contributed by atoms with E-state index in [1.165, 1.54) is 10.9 Å². The first-order valence-corrected chi connectivity index (χ1v) is 7.95. The second kappa shape index (κ2) is 7.03. The summed E-state index contributed by atoms with van der Waals surface area (Å²) >= 11 is 11.0. The fourth-order valence-corrected chi connectivity index (χ4v) is 2.46. The number of hydrogen-bond acceptors (Lipinski definition) is 7. The summed E-state index contributed by atoms with van der Waals surface area (Å²) in [5.41, 5.74) is 0.858. The molecule has 1 N–H and O–H groups in total. The average molecular weight is 381 g/mol. The Labute approximate surface area is 152 Å². The zero-order valence-electron chi connectivity index (χ0n) is 13.0. The van der Waals surface area contributed by atoms with Crippen molar-refractivity contribution < 1.29 is 9.34 Å². The molecule has 0 atom stereocenters. The van der Waals surface area contributed by atoms with Crippen LogP contribution >= 0.6 is 23.8 Å². The third kappa shape index (κ3) is 4.03. The Balaban J connectivity index is 1.71. The van der Waals surface area contributed by atoms with Crippen LogP contribution in [0.25, 0.3) is 0 Å². The van der Waals surface area contributed by atoms with Crippen molar-refractivity contribution in [2.45, 2.75) is 20.1 Å². The molecule has 130 valence electrons.